The van der Waals surface area contributed by atoms with Gasteiger partial charge in [-0.3, -0.25) is 4.79 Å². The number of halogens is 2. The van der Waals surface area contributed by atoms with Crippen molar-refractivity contribution in [3.8, 4) is 0 Å². The van der Waals surface area contributed by atoms with E-state index in [0.717, 1.165) is 36.8 Å². The predicted octanol–water partition coefficient (Wildman–Crippen LogP) is 8.86. The van der Waals surface area contributed by atoms with Crippen LogP contribution >= 0.6 is 23.2 Å². The molecule has 3 aromatic carbocycles. The van der Waals surface area contributed by atoms with Crippen molar-refractivity contribution in [3.05, 3.63) is 111 Å². The Bertz CT molecular complexity index is 1060. The minimum atomic E-state index is -0.115. The van der Waals surface area contributed by atoms with Crippen molar-refractivity contribution in [1.82, 2.24) is 4.90 Å². The summed E-state index contributed by atoms with van der Waals surface area (Å²) in [5.41, 5.74) is 3.93. The summed E-state index contributed by atoms with van der Waals surface area (Å²) in [6.45, 7) is 4.81. The Hall–Kier alpha value is -2.55. The van der Waals surface area contributed by atoms with Crippen molar-refractivity contribution in [2.75, 3.05) is 6.54 Å². The number of nitrogens with zero attached hydrogens (tertiary/aromatic N) is 1. The first-order valence-electron chi connectivity index (χ1n) is 11.5. The highest BCUT2D eigenvalue weighted by Gasteiger charge is 2.25. The van der Waals surface area contributed by atoms with Gasteiger partial charge in [-0.15, -0.1) is 0 Å². The Kier molecular flexibility index (Phi) is 9.60. The molecule has 1 unspecified atom stereocenters. The van der Waals surface area contributed by atoms with Gasteiger partial charge in [0.15, 0.2) is 0 Å². The number of carbonyl (C=O) groups excluding carboxylic acids is 1. The monoisotopic (exact) mass is 479 g/mol. The molecule has 0 heterocycles. The second-order valence-corrected chi connectivity index (χ2v) is 9.16. The molecule has 2 nitrogen and oxygen atoms in total. The van der Waals surface area contributed by atoms with Gasteiger partial charge in [-0.05, 0) is 49.1 Å². The highest BCUT2D eigenvalue weighted by Crippen LogP contribution is 2.29. The van der Waals surface area contributed by atoms with Crippen molar-refractivity contribution < 1.29 is 4.79 Å². The van der Waals surface area contributed by atoms with Crippen LogP contribution in [-0.4, -0.2) is 17.4 Å². The zero-order valence-corrected chi connectivity index (χ0v) is 20.8. The third-order valence-electron chi connectivity index (χ3n) is 5.82. The molecule has 1 amide bonds. The van der Waals surface area contributed by atoms with Crippen LogP contribution in [0.5, 0.6) is 0 Å². The lowest BCUT2D eigenvalue weighted by atomic mass is 10.0. The Morgan fingerprint density at radius 2 is 1.61 bits per heavy atom. The topological polar surface area (TPSA) is 20.3 Å². The second kappa shape index (κ2) is 12.6. The first-order valence-corrected chi connectivity index (χ1v) is 12.3. The number of amides is 1. The van der Waals surface area contributed by atoms with Crippen molar-refractivity contribution >= 4 is 35.2 Å². The van der Waals surface area contributed by atoms with Gasteiger partial charge in [0, 0.05) is 11.6 Å². The smallest absolute Gasteiger partial charge is 0.256 e. The van der Waals surface area contributed by atoms with Gasteiger partial charge < -0.3 is 4.90 Å². The van der Waals surface area contributed by atoms with Crippen LogP contribution in [0.1, 0.15) is 67.1 Å². The zero-order valence-electron chi connectivity index (χ0n) is 19.3. The van der Waals surface area contributed by atoms with Gasteiger partial charge in [0.1, 0.15) is 0 Å². The summed E-state index contributed by atoms with van der Waals surface area (Å²) in [5, 5.41) is 0.890. The van der Waals surface area contributed by atoms with E-state index in [9.17, 15) is 4.79 Å². The van der Waals surface area contributed by atoms with E-state index in [2.05, 4.69) is 44.2 Å². The molecule has 0 aromatic heterocycles. The molecule has 0 fully saturated rings. The van der Waals surface area contributed by atoms with E-state index in [-0.39, 0.29) is 11.9 Å². The Morgan fingerprint density at radius 1 is 0.939 bits per heavy atom. The highest BCUT2D eigenvalue weighted by molar-refractivity contribution is 6.36. The summed E-state index contributed by atoms with van der Waals surface area (Å²) < 4.78 is 0. The van der Waals surface area contributed by atoms with Gasteiger partial charge in [-0.1, -0.05) is 115 Å². The molecule has 0 bridgehead atoms. The molecular formula is C29H31Cl2NO. The molecule has 0 saturated heterocycles. The maximum Gasteiger partial charge on any atom is 0.256 e. The van der Waals surface area contributed by atoms with Crippen LogP contribution in [0.3, 0.4) is 0 Å². The number of hydrogen-bond donors (Lipinski definition) is 0. The van der Waals surface area contributed by atoms with Gasteiger partial charge in [0.05, 0.1) is 16.6 Å². The van der Waals surface area contributed by atoms with Gasteiger partial charge >= 0.3 is 0 Å². The van der Waals surface area contributed by atoms with Crippen molar-refractivity contribution in [2.24, 2.45) is 0 Å². The minimum Gasteiger partial charge on any atom is -0.328 e. The number of benzene rings is 3. The first kappa shape index (κ1) is 25.1. The fourth-order valence-electron chi connectivity index (χ4n) is 3.92. The molecule has 3 rings (SSSR count). The van der Waals surface area contributed by atoms with Crippen LogP contribution in [0.2, 0.25) is 10.0 Å². The largest absolute Gasteiger partial charge is 0.328 e. The molecule has 1 atom stereocenters. The fourth-order valence-corrected chi connectivity index (χ4v) is 4.41. The molecule has 172 valence electrons. The predicted molar refractivity (Wildman–Crippen MR) is 141 cm³/mol. The van der Waals surface area contributed by atoms with Gasteiger partial charge in [-0.25, -0.2) is 0 Å². The normalized spacial score (nSPS) is 12.4. The van der Waals surface area contributed by atoms with Crippen LogP contribution < -0.4 is 0 Å². The van der Waals surface area contributed by atoms with E-state index in [1.807, 2.05) is 41.3 Å². The molecular weight excluding hydrogens is 449 g/mol. The average molecular weight is 480 g/mol. The van der Waals surface area contributed by atoms with Crippen LogP contribution in [0, 0.1) is 0 Å². The summed E-state index contributed by atoms with van der Waals surface area (Å²) in [7, 11) is 0. The maximum absolute atomic E-state index is 13.8. The van der Waals surface area contributed by atoms with E-state index in [0.29, 0.717) is 22.2 Å². The molecule has 0 saturated carbocycles. The molecule has 0 spiro atoms. The summed E-state index contributed by atoms with van der Waals surface area (Å²) in [6.07, 6.45) is 6.58. The zero-order chi connectivity index (χ0) is 23.6. The second-order valence-electron chi connectivity index (χ2n) is 8.31. The third-order valence-corrected chi connectivity index (χ3v) is 6.36. The van der Waals surface area contributed by atoms with Crippen molar-refractivity contribution in [1.29, 1.82) is 0 Å². The number of hydrogen-bond acceptors (Lipinski definition) is 1. The molecule has 4 heteroatoms. The van der Waals surface area contributed by atoms with Gasteiger partial charge in [-0.2, -0.15) is 0 Å². The summed E-state index contributed by atoms with van der Waals surface area (Å²) in [5.74, 6) is -0.0949. The SMILES string of the molecule is CCCCC/C(=C/c1ccccc1)CN(C(=O)c1ccc(Cl)cc1Cl)C(C)c1ccccc1. The maximum atomic E-state index is 13.8. The van der Waals surface area contributed by atoms with Crippen LogP contribution in [0.25, 0.3) is 6.08 Å². The quantitative estimate of drug-likeness (QED) is 0.265. The molecule has 0 aliphatic heterocycles. The lowest BCUT2D eigenvalue weighted by Crippen LogP contribution is -2.35. The van der Waals surface area contributed by atoms with Crippen LogP contribution in [-0.2, 0) is 0 Å². The molecule has 0 aliphatic carbocycles. The molecule has 0 aliphatic rings. The van der Waals surface area contributed by atoms with Crippen LogP contribution in [0.15, 0.2) is 84.4 Å². The van der Waals surface area contributed by atoms with E-state index in [1.54, 1.807) is 18.2 Å². The first-order chi connectivity index (χ1) is 16.0. The van der Waals surface area contributed by atoms with E-state index in [1.165, 1.54) is 5.57 Å². The molecule has 33 heavy (non-hydrogen) atoms. The molecule has 3 aromatic rings. The molecule has 0 radical (unpaired) electrons. The number of unbranched alkanes of at least 4 members (excludes halogenated alkanes) is 2. The fraction of sp³-hybridized carbons (Fsp3) is 0.276. The number of carbonyl (C=O) groups is 1. The van der Waals surface area contributed by atoms with Crippen LogP contribution in [0.4, 0.5) is 0 Å². The Labute approximate surface area is 207 Å². The highest BCUT2D eigenvalue weighted by atomic mass is 35.5. The van der Waals surface area contributed by atoms with Crippen molar-refractivity contribution in [2.45, 2.75) is 45.6 Å². The van der Waals surface area contributed by atoms with E-state index < -0.39 is 0 Å². The summed E-state index contributed by atoms with van der Waals surface area (Å²) in [4.78, 5) is 15.7. The lowest BCUT2D eigenvalue weighted by Gasteiger charge is -2.31. The third kappa shape index (κ3) is 7.22. The lowest BCUT2D eigenvalue weighted by molar-refractivity contribution is 0.0708. The van der Waals surface area contributed by atoms with E-state index >= 15 is 0 Å². The van der Waals surface area contributed by atoms with Gasteiger partial charge in [0.2, 0.25) is 0 Å². The standard InChI is InChI=1S/C29H31Cl2NO/c1-3-4-7-14-24(19-23-12-8-5-9-13-23)21-32(22(2)25-15-10-6-11-16-25)29(33)27-18-17-26(30)20-28(27)31/h5-6,8-13,15-20,22H,3-4,7,14,21H2,1-2H3/b24-19-. The Balaban J connectivity index is 1.98. The summed E-state index contributed by atoms with van der Waals surface area (Å²) in [6, 6.07) is 25.4. The average Bonchev–Trinajstić information content (AvgIpc) is 2.83. The Morgan fingerprint density at radius 3 is 2.24 bits per heavy atom. The summed E-state index contributed by atoms with van der Waals surface area (Å²) >= 11 is 12.5. The van der Waals surface area contributed by atoms with E-state index in [4.69, 9.17) is 23.2 Å². The number of rotatable bonds is 10. The molecule has 0 N–H and O–H groups in total. The van der Waals surface area contributed by atoms with Gasteiger partial charge in [0.25, 0.3) is 5.91 Å². The van der Waals surface area contributed by atoms with Crippen molar-refractivity contribution in [3.63, 3.8) is 0 Å². The minimum absolute atomic E-state index is 0.0949.